The van der Waals surface area contributed by atoms with Crippen molar-refractivity contribution in [3.05, 3.63) is 0 Å². The fourth-order valence-corrected chi connectivity index (χ4v) is 1.44. The summed E-state index contributed by atoms with van der Waals surface area (Å²) in [6.45, 7) is -0.118. The molecule has 0 aromatic heterocycles. The van der Waals surface area contributed by atoms with Crippen molar-refractivity contribution in [1.29, 1.82) is 0 Å². The molecule has 0 heterocycles. The average Bonchev–Trinajstić information content (AvgIpc) is 2.00. The molecule has 0 saturated heterocycles. The fraction of sp³-hybridized carbons (Fsp3) is 1.00. The summed E-state index contributed by atoms with van der Waals surface area (Å²) < 4.78 is 58.7. The first-order valence-electron chi connectivity index (χ1n) is 3.85. The van der Waals surface area contributed by atoms with E-state index in [1.165, 1.54) is 6.92 Å². The molecule has 8 heteroatoms. The Morgan fingerprint density at radius 3 is 2.29 bits per heavy atom. The van der Waals surface area contributed by atoms with Gasteiger partial charge in [0.1, 0.15) is 0 Å². The molecule has 0 aromatic rings. The third-order valence-electron chi connectivity index (χ3n) is 1.50. The van der Waals surface area contributed by atoms with Gasteiger partial charge in [0, 0.05) is 6.54 Å². The maximum Gasteiger partial charge on any atom is 0.390 e. The van der Waals surface area contributed by atoms with Crippen molar-refractivity contribution in [3.8, 4) is 0 Å². The Morgan fingerprint density at radius 2 is 1.93 bits per heavy atom. The van der Waals surface area contributed by atoms with Crippen LogP contribution in [0.4, 0.5) is 13.2 Å². The first-order chi connectivity index (χ1) is 6.19. The molecule has 2 N–H and O–H groups in total. The first-order valence-corrected chi connectivity index (χ1v) is 5.40. The van der Waals surface area contributed by atoms with Crippen LogP contribution >= 0.6 is 0 Å². The van der Waals surface area contributed by atoms with Gasteiger partial charge in [-0.1, -0.05) is 0 Å². The lowest BCUT2D eigenvalue weighted by Crippen LogP contribution is -2.36. The van der Waals surface area contributed by atoms with Gasteiger partial charge in [-0.15, -0.1) is 0 Å². The number of hydrogen-bond donors (Lipinski definition) is 2. The fourth-order valence-electron chi connectivity index (χ4n) is 0.575. The second-order valence-corrected chi connectivity index (χ2v) is 4.98. The maximum atomic E-state index is 11.6. The monoisotopic (exact) mass is 235 g/mol. The summed E-state index contributed by atoms with van der Waals surface area (Å²) in [6.07, 6.45) is -5.60. The van der Waals surface area contributed by atoms with Gasteiger partial charge in [-0.3, -0.25) is 0 Å². The zero-order chi connectivity index (χ0) is 11.4. The highest BCUT2D eigenvalue weighted by molar-refractivity contribution is 7.90. The van der Waals surface area contributed by atoms with E-state index in [1.54, 1.807) is 4.72 Å². The van der Waals surface area contributed by atoms with Crippen molar-refractivity contribution < 1.29 is 26.7 Å². The minimum atomic E-state index is -4.38. The van der Waals surface area contributed by atoms with Gasteiger partial charge in [0.25, 0.3) is 0 Å². The first kappa shape index (κ1) is 13.7. The number of aliphatic hydroxyl groups is 1. The number of alkyl halides is 3. The lowest BCUT2D eigenvalue weighted by Gasteiger charge is -2.12. The second-order valence-electron chi connectivity index (χ2n) is 2.80. The van der Waals surface area contributed by atoms with Gasteiger partial charge in [0.2, 0.25) is 10.0 Å². The van der Waals surface area contributed by atoms with Crippen molar-refractivity contribution in [2.24, 2.45) is 0 Å². The molecule has 0 fully saturated rings. The van der Waals surface area contributed by atoms with Gasteiger partial charge in [-0.2, -0.15) is 13.2 Å². The van der Waals surface area contributed by atoms with Gasteiger partial charge in [-0.05, 0) is 6.92 Å². The Labute approximate surface area is 80.2 Å². The van der Waals surface area contributed by atoms with Crippen LogP contribution in [0.2, 0.25) is 0 Å². The summed E-state index contributed by atoms with van der Waals surface area (Å²) in [5.74, 6) is 0. The van der Waals surface area contributed by atoms with Crippen LogP contribution < -0.4 is 4.72 Å². The van der Waals surface area contributed by atoms with Gasteiger partial charge in [0.05, 0.1) is 18.3 Å². The molecule has 0 spiro atoms. The summed E-state index contributed by atoms with van der Waals surface area (Å²) in [4.78, 5) is 0. The van der Waals surface area contributed by atoms with E-state index >= 15 is 0 Å². The van der Waals surface area contributed by atoms with Crippen LogP contribution in [0, 0.1) is 0 Å². The molecule has 4 nitrogen and oxygen atoms in total. The minimum Gasteiger partial charge on any atom is -0.395 e. The molecule has 0 aliphatic heterocycles. The molecule has 0 radical (unpaired) electrons. The normalized spacial score (nSPS) is 15.5. The number of aliphatic hydroxyl groups excluding tert-OH is 1. The van der Waals surface area contributed by atoms with Crippen molar-refractivity contribution in [1.82, 2.24) is 4.72 Å². The van der Waals surface area contributed by atoms with E-state index in [0.717, 1.165) is 0 Å². The third-order valence-corrected chi connectivity index (χ3v) is 3.31. The summed E-state index contributed by atoms with van der Waals surface area (Å²) in [5.41, 5.74) is 0. The highest BCUT2D eigenvalue weighted by Gasteiger charge is 2.28. The lowest BCUT2D eigenvalue weighted by atomic mass is 10.4. The lowest BCUT2D eigenvalue weighted by molar-refractivity contribution is -0.132. The standard InChI is InChI=1S/C6H12F3NO3S/c1-5(4-11)14(12,13)10-3-2-6(7,8)9/h5,10-11H,2-4H2,1H3. The Kier molecular flexibility index (Phi) is 4.82. The number of rotatable bonds is 5. The molecule has 1 unspecified atom stereocenters. The van der Waals surface area contributed by atoms with E-state index in [0.29, 0.717) is 0 Å². The molecular weight excluding hydrogens is 223 g/mol. The predicted molar refractivity (Wildman–Crippen MR) is 44.1 cm³/mol. The topological polar surface area (TPSA) is 66.4 Å². The molecule has 0 amide bonds. The molecule has 0 aromatic carbocycles. The highest BCUT2D eigenvalue weighted by atomic mass is 32.2. The van der Waals surface area contributed by atoms with Crippen molar-refractivity contribution >= 4 is 10.0 Å². The van der Waals surface area contributed by atoms with E-state index in [2.05, 4.69) is 0 Å². The van der Waals surface area contributed by atoms with Crippen LogP contribution in [-0.4, -0.2) is 38.1 Å². The van der Waals surface area contributed by atoms with Crippen LogP contribution in [0.5, 0.6) is 0 Å². The smallest absolute Gasteiger partial charge is 0.390 e. The van der Waals surface area contributed by atoms with Crippen molar-refractivity contribution in [2.45, 2.75) is 24.8 Å². The zero-order valence-corrected chi connectivity index (χ0v) is 8.32. The van der Waals surface area contributed by atoms with Crippen LogP contribution in [0.15, 0.2) is 0 Å². The Morgan fingerprint density at radius 1 is 1.43 bits per heavy atom. The third kappa shape index (κ3) is 5.40. The van der Waals surface area contributed by atoms with Crippen LogP contribution in [0.1, 0.15) is 13.3 Å². The van der Waals surface area contributed by atoms with Gasteiger partial charge in [0.15, 0.2) is 0 Å². The maximum absolute atomic E-state index is 11.6. The summed E-state index contributed by atoms with van der Waals surface area (Å²) in [7, 11) is -3.83. The minimum absolute atomic E-state index is 0.624. The highest BCUT2D eigenvalue weighted by Crippen LogP contribution is 2.18. The number of sulfonamides is 1. The molecule has 0 aliphatic rings. The van der Waals surface area contributed by atoms with Crippen molar-refractivity contribution in [2.75, 3.05) is 13.2 Å². The molecule has 0 bridgehead atoms. The molecule has 0 rings (SSSR count). The molecule has 86 valence electrons. The van der Waals surface area contributed by atoms with E-state index in [1.807, 2.05) is 0 Å². The van der Waals surface area contributed by atoms with Gasteiger partial charge in [-0.25, -0.2) is 13.1 Å². The quantitative estimate of drug-likeness (QED) is 0.717. The Balaban J connectivity index is 4.02. The number of nitrogens with one attached hydrogen (secondary N) is 1. The van der Waals surface area contributed by atoms with Crippen molar-refractivity contribution in [3.63, 3.8) is 0 Å². The van der Waals surface area contributed by atoms with Gasteiger partial charge >= 0.3 is 6.18 Å². The number of hydrogen-bond acceptors (Lipinski definition) is 3. The molecule has 1 atom stereocenters. The average molecular weight is 235 g/mol. The number of halogens is 3. The summed E-state index contributed by atoms with van der Waals surface area (Å²) >= 11 is 0. The van der Waals surface area contributed by atoms with E-state index < -0.39 is 41.0 Å². The molecule has 0 saturated carbocycles. The summed E-state index contributed by atoms with van der Waals surface area (Å²) in [5, 5.41) is 7.39. The molecule has 0 aliphatic carbocycles. The second kappa shape index (κ2) is 4.94. The molecular formula is C6H12F3NO3S. The van der Waals surface area contributed by atoms with Gasteiger partial charge < -0.3 is 5.11 Å². The van der Waals surface area contributed by atoms with Crippen LogP contribution in [-0.2, 0) is 10.0 Å². The largest absolute Gasteiger partial charge is 0.395 e. The molecule has 14 heavy (non-hydrogen) atoms. The zero-order valence-electron chi connectivity index (χ0n) is 7.50. The van der Waals surface area contributed by atoms with E-state index in [4.69, 9.17) is 5.11 Å². The van der Waals surface area contributed by atoms with E-state index in [-0.39, 0.29) is 0 Å². The summed E-state index contributed by atoms with van der Waals surface area (Å²) in [6, 6.07) is 0. The Hall–Kier alpha value is -0.340. The Bertz CT molecular complexity index is 262. The van der Waals surface area contributed by atoms with E-state index in [9.17, 15) is 21.6 Å². The predicted octanol–water partition coefficient (Wildman–Crippen LogP) is 0.239. The SMILES string of the molecule is CC(CO)S(=O)(=O)NCCC(F)(F)F. The van der Waals surface area contributed by atoms with Crippen LogP contribution in [0.25, 0.3) is 0 Å². The van der Waals surface area contributed by atoms with Crippen LogP contribution in [0.3, 0.4) is 0 Å².